The van der Waals surface area contributed by atoms with Crippen molar-refractivity contribution in [2.75, 3.05) is 17.5 Å². The molecular formula is C17H16N2O5S. The molecular weight excluding hydrogens is 344 g/mol. The number of anilines is 1. The molecule has 1 aromatic heterocycles. The second-order valence-electron chi connectivity index (χ2n) is 5.95. The summed E-state index contributed by atoms with van der Waals surface area (Å²) >= 11 is 0. The molecule has 3 aromatic rings. The second-order valence-corrected chi connectivity index (χ2v) is 7.82. The maximum Gasteiger partial charge on any atom is 0.419 e. The average Bonchev–Trinajstić information content (AvgIpc) is 2.88. The summed E-state index contributed by atoms with van der Waals surface area (Å²) in [5, 5.41) is 0. The molecule has 0 unspecified atom stereocenters. The van der Waals surface area contributed by atoms with Crippen LogP contribution < -0.4 is 14.8 Å². The van der Waals surface area contributed by atoms with Gasteiger partial charge in [0.2, 0.25) is 0 Å². The summed E-state index contributed by atoms with van der Waals surface area (Å²) in [6.45, 7) is 2.39. The SMILES string of the molecule is Cc1ccc2c(c1)N(S(=O)(=O)c1ccc3c(c1)oc(=O)n3C)CCO2. The number of rotatable bonds is 2. The van der Waals surface area contributed by atoms with Crippen molar-refractivity contribution in [3.8, 4) is 5.75 Å². The van der Waals surface area contributed by atoms with E-state index in [1.807, 2.05) is 13.0 Å². The zero-order chi connectivity index (χ0) is 17.8. The fraction of sp³-hybridized carbons (Fsp3) is 0.235. The third-order valence-electron chi connectivity index (χ3n) is 4.29. The molecule has 2 heterocycles. The van der Waals surface area contributed by atoms with Crippen LogP contribution in [0, 0.1) is 6.92 Å². The Morgan fingerprint density at radius 2 is 1.92 bits per heavy atom. The highest BCUT2D eigenvalue weighted by molar-refractivity contribution is 7.92. The highest BCUT2D eigenvalue weighted by Gasteiger charge is 2.30. The zero-order valence-corrected chi connectivity index (χ0v) is 14.5. The van der Waals surface area contributed by atoms with Crippen molar-refractivity contribution in [2.24, 2.45) is 7.05 Å². The van der Waals surface area contributed by atoms with Gasteiger partial charge >= 0.3 is 5.76 Å². The first-order valence-electron chi connectivity index (χ1n) is 7.74. The van der Waals surface area contributed by atoms with Gasteiger partial charge in [-0.25, -0.2) is 13.2 Å². The molecule has 0 amide bonds. The number of aryl methyl sites for hydroxylation is 2. The third kappa shape index (κ3) is 2.41. The van der Waals surface area contributed by atoms with E-state index in [2.05, 4.69) is 0 Å². The van der Waals surface area contributed by atoms with Crippen LogP contribution in [0.15, 0.2) is 50.5 Å². The van der Waals surface area contributed by atoms with Crippen LogP contribution in [-0.2, 0) is 17.1 Å². The van der Waals surface area contributed by atoms with Crippen molar-refractivity contribution in [1.29, 1.82) is 0 Å². The molecule has 1 aliphatic heterocycles. The van der Waals surface area contributed by atoms with Crippen molar-refractivity contribution < 1.29 is 17.6 Å². The van der Waals surface area contributed by atoms with E-state index in [9.17, 15) is 13.2 Å². The molecule has 25 heavy (non-hydrogen) atoms. The van der Waals surface area contributed by atoms with Crippen LogP contribution >= 0.6 is 0 Å². The van der Waals surface area contributed by atoms with Gasteiger partial charge in [0.1, 0.15) is 12.4 Å². The molecule has 0 spiro atoms. The van der Waals surface area contributed by atoms with Crippen molar-refractivity contribution >= 4 is 26.8 Å². The number of nitrogens with zero attached hydrogens (tertiary/aromatic N) is 2. The normalized spacial score (nSPS) is 14.4. The number of ether oxygens (including phenoxy) is 1. The molecule has 1 aliphatic rings. The molecule has 0 N–H and O–H groups in total. The van der Waals surface area contributed by atoms with Gasteiger partial charge in [-0.3, -0.25) is 8.87 Å². The Kier molecular flexibility index (Phi) is 3.40. The fourth-order valence-electron chi connectivity index (χ4n) is 2.95. The van der Waals surface area contributed by atoms with Crippen LogP contribution in [0.4, 0.5) is 5.69 Å². The van der Waals surface area contributed by atoms with Crippen LogP contribution in [0.25, 0.3) is 11.1 Å². The first kappa shape index (κ1) is 15.8. The number of hydrogen-bond acceptors (Lipinski definition) is 5. The molecule has 0 saturated carbocycles. The molecule has 0 atom stereocenters. The van der Waals surface area contributed by atoms with Gasteiger partial charge < -0.3 is 9.15 Å². The molecule has 7 nitrogen and oxygen atoms in total. The second kappa shape index (κ2) is 5.38. The van der Waals surface area contributed by atoms with E-state index in [1.54, 1.807) is 25.2 Å². The maximum absolute atomic E-state index is 13.1. The van der Waals surface area contributed by atoms with Crippen LogP contribution in [0.2, 0.25) is 0 Å². The van der Waals surface area contributed by atoms with Gasteiger partial charge in [0.25, 0.3) is 10.0 Å². The number of aromatic nitrogens is 1. The van der Waals surface area contributed by atoms with Crippen molar-refractivity contribution in [3.63, 3.8) is 0 Å². The first-order valence-corrected chi connectivity index (χ1v) is 9.18. The standard InChI is InChI=1S/C17H16N2O5S/c1-11-3-6-15-14(9-11)19(7-8-23-15)25(21,22)12-4-5-13-16(10-12)24-17(20)18(13)2/h3-6,9-10H,7-8H2,1-2H3. The minimum absolute atomic E-state index is 0.0729. The van der Waals surface area contributed by atoms with Crippen molar-refractivity contribution in [3.05, 3.63) is 52.5 Å². The molecule has 0 saturated heterocycles. The van der Waals surface area contributed by atoms with Crippen molar-refractivity contribution in [1.82, 2.24) is 4.57 Å². The smallest absolute Gasteiger partial charge is 0.419 e. The Morgan fingerprint density at radius 3 is 2.72 bits per heavy atom. The monoisotopic (exact) mass is 360 g/mol. The van der Waals surface area contributed by atoms with Gasteiger partial charge in [0, 0.05) is 13.1 Å². The van der Waals surface area contributed by atoms with Crippen LogP contribution in [-0.4, -0.2) is 26.1 Å². The molecule has 4 rings (SSSR count). The molecule has 8 heteroatoms. The van der Waals surface area contributed by atoms with Gasteiger partial charge in [-0.2, -0.15) is 0 Å². The predicted molar refractivity (Wildman–Crippen MR) is 92.7 cm³/mol. The minimum atomic E-state index is -3.81. The topological polar surface area (TPSA) is 81.8 Å². The summed E-state index contributed by atoms with van der Waals surface area (Å²) < 4.78 is 39.6. The van der Waals surface area contributed by atoms with E-state index in [4.69, 9.17) is 9.15 Å². The van der Waals surface area contributed by atoms with Gasteiger partial charge in [-0.1, -0.05) is 6.07 Å². The lowest BCUT2D eigenvalue weighted by Gasteiger charge is -2.30. The fourth-order valence-corrected chi connectivity index (χ4v) is 4.42. The number of oxazole rings is 1. The van der Waals surface area contributed by atoms with E-state index < -0.39 is 15.8 Å². The largest absolute Gasteiger partial charge is 0.489 e. The average molecular weight is 360 g/mol. The summed E-state index contributed by atoms with van der Waals surface area (Å²) in [6, 6.07) is 9.87. The third-order valence-corrected chi connectivity index (χ3v) is 6.10. The summed E-state index contributed by atoms with van der Waals surface area (Å²) in [5.41, 5.74) is 2.24. The Labute approximate surface area is 144 Å². The van der Waals surface area contributed by atoms with Crippen molar-refractivity contribution in [2.45, 2.75) is 11.8 Å². The highest BCUT2D eigenvalue weighted by Crippen LogP contribution is 2.36. The van der Waals surface area contributed by atoms with Crippen LogP contribution in [0.3, 0.4) is 0 Å². The summed E-state index contributed by atoms with van der Waals surface area (Å²) in [7, 11) is -2.23. The number of fused-ring (bicyclic) bond motifs is 2. The molecule has 0 radical (unpaired) electrons. The van der Waals surface area contributed by atoms with E-state index in [0.29, 0.717) is 17.0 Å². The highest BCUT2D eigenvalue weighted by atomic mass is 32.2. The van der Waals surface area contributed by atoms with E-state index >= 15 is 0 Å². The van der Waals surface area contributed by atoms with E-state index in [0.717, 1.165) is 5.56 Å². The number of benzene rings is 2. The lowest BCUT2D eigenvalue weighted by Crippen LogP contribution is -2.37. The number of sulfonamides is 1. The van der Waals surface area contributed by atoms with Gasteiger partial charge in [-0.05, 0) is 36.8 Å². The predicted octanol–water partition coefficient (Wildman–Crippen LogP) is 2.03. The Morgan fingerprint density at radius 1 is 1.12 bits per heavy atom. The number of hydrogen-bond donors (Lipinski definition) is 0. The van der Waals surface area contributed by atoms with Crippen LogP contribution in [0.1, 0.15) is 5.56 Å². The summed E-state index contributed by atoms with van der Waals surface area (Å²) in [4.78, 5) is 11.7. The Balaban J connectivity index is 1.86. The molecule has 0 bridgehead atoms. The summed E-state index contributed by atoms with van der Waals surface area (Å²) in [6.07, 6.45) is 0. The lowest BCUT2D eigenvalue weighted by atomic mass is 10.2. The quantitative estimate of drug-likeness (QED) is 0.698. The summed E-state index contributed by atoms with van der Waals surface area (Å²) in [5.74, 6) is 0.00429. The van der Waals surface area contributed by atoms with Crippen LogP contribution in [0.5, 0.6) is 5.75 Å². The molecule has 130 valence electrons. The lowest BCUT2D eigenvalue weighted by molar-refractivity contribution is 0.315. The Hall–Kier alpha value is -2.74. The van der Waals surface area contributed by atoms with Gasteiger partial charge in [0.15, 0.2) is 5.58 Å². The molecule has 0 fully saturated rings. The zero-order valence-electron chi connectivity index (χ0n) is 13.7. The van der Waals surface area contributed by atoms with Gasteiger partial charge in [-0.15, -0.1) is 0 Å². The molecule has 2 aromatic carbocycles. The van der Waals surface area contributed by atoms with Gasteiger partial charge in [0.05, 0.1) is 22.6 Å². The first-order chi connectivity index (χ1) is 11.9. The Bertz CT molecular complexity index is 1140. The molecule has 0 aliphatic carbocycles. The maximum atomic E-state index is 13.1. The van der Waals surface area contributed by atoms with E-state index in [-0.39, 0.29) is 23.6 Å². The van der Waals surface area contributed by atoms with E-state index in [1.165, 1.54) is 21.0 Å². The minimum Gasteiger partial charge on any atom is -0.489 e.